The maximum atomic E-state index is 13.9. The predicted molar refractivity (Wildman–Crippen MR) is 150 cm³/mol. The topological polar surface area (TPSA) is 133 Å². The molecule has 3 aromatic heterocycles. The number of hydrogen-bond acceptors (Lipinski definition) is 10. The number of ether oxygens (including phenoxy) is 3. The molecule has 1 fully saturated rings. The van der Waals surface area contributed by atoms with Crippen LogP contribution in [0.2, 0.25) is 0 Å². The second kappa shape index (κ2) is 11.4. The zero-order valence-electron chi connectivity index (χ0n) is 23.8. The summed E-state index contributed by atoms with van der Waals surface area (Å²) in [5, 5.41) is 5.33. The van der Waals surface area contributed by atoms with Gasteiger partial charge in [-0.05, 0) is 49.8 Å². The Morgan fingerprint density at radius 2 is 1.85 bits per heavy atom. The van der Waals surface area contributed by atoms with E-state index in [1.807, 2.05) is 50.4 Å². The Kier molecular flexibility index (Phi) is 8.29. The van der Waals surface area contributed by atoms with Gasteiger partial charge >= 0.3 is 12.1 Å². The van der Waals surface area contributed by atoms with Gasteiger partial charge in [-0.3, -0.25) is 9.78 Å². The molecule has 12 heteroatoms. The van der Waals surface area contributed by atoms with Gasteiger partial charge in [0.05, 0.1) is 19.0 Å². The number of methoxy groups -OCH3 is 1. The van der Waals surface area contributed by atoms with Gasteiger partial charge < -0.3 is 24.4 Å². The molecule has 0 bridgehead atoms. The maximum absolute atomic E-state index is 13.9. The number of likely N-dealkylation sites (tertiary alicyclic amines) is 1. The minimum Gasteiger partial charge on any atom is -0.472 e. The molecule has 0 saturated carbocycles. The maximum Gasteiger partial charge on any atom is 0.408 e. The molecule has 0 aromatic carbocycles. The number of aromatic nitrogens is 3. The van der Waals surface area contributed by atoms with E-state index in [-0.39, 0.29) is 13.0 Å². The van der Waals surface area contributed by atoms with Crippen molar-refractivity contribution >= 4 is 39.5 Å². The monoisotopic (exact) mass is 569 g/mol. The zero-order chi connectivity index (χ0) is 29.2. The summed E-state index contributed by atoms with van der Waals surface area (Å²) in [4.78, 5) is 55.1. The van der Waals surface area contributed by atoms with E-state index >= 15 is 0 Å². The largest absolute Gasteiger partial charge is 0.472 e. The number of pyridine rings is 1. The van der Waals surface area contributed by atoms with E-state index in [0.29, 0.717) is 17.4 Å². The Labute approximate surface area is 237 Å². The molecule has 11 nitrogen and oxygen atoms in total. The van der Waals surface area contributed by atoms with Crippen LogP contribution in [0.4, 0.5) is 4.79 Å². The summed E-state index contributed by atoms with van der Waals surface area (Å²) in [6, 6.07) is 5.47. The number of carbonyl (C=O) groups excluding carboxylic acids is 3. The van der Waals surface area contributed by atoms with E-state index in [4.69, 9.17) is 14.2 Å². The third-order valence-electron chi connectivity index (χ3n) is 6.26. The first-order valence-electron chi connectivity index (χ1n) is 13.0. The van der Waals surface area contributed by atoms with Gasteiger partial charge in [-0.15, -0.1) is 11.3 Å². The summed E-state index contributed by atoms with van der Waals surface area (Å²) in [7, 11) is 1.28. The van der Waals surface area contributed by atoms with Crippen molar-refractivity contribution in [3.8, 4) is 17.4 Å². The fourth-order valence-electron chi connectivity index (χ4n) is 4.41. The normalized spacial score (nSPS) is 18.3. The first kappa shape index (κ1) is 29.2. The van der Waals surface area contributed by atoms with Crippen molar-refractivity contribution in [2.45, 2.75) is 71.8 Å². The van der Waals surface area contributed by atoms with Gasteiger partial charge in [-0.2, -0.15) is 4.98 Å². The standard InChI is InChI=1S/C28H35N5O6S/c1-27(2,3)20(30-26(36)39-28(4,5)6)24(34)33-15-16(14-19(33)25(35)37-7)38-22-17-11-13-40-23(17)32-21(31-22)18-10-8-9-12-29-18/h8-13,16,19-20H,14-15H2,1-7H3,(H,30,36)/t16-,19+,20?/m1/s1. The quantitative estimate of drug-likeness (QED) is 0.433. The van der Waals surface area contributed by atoms with E-state index < -0.39 is 47.2 Å². The number of hydrogen-bond donors (Lipinski definition) is 1. The van der Waals surface area contributed by atoms with Gasteiger partial charge in [0.25, 0.3) is 0 Å². The van der Waals surface area contributed by atoms with Crippen molar-refractivity contribution in [2.24, 2.45) is 5.41 Å². The highest BCUT2D eigenvalue weighted by molar-refractivity contribution is 7.16. The molecule has 2 amide bonds. The summed E-state index contributed by atoms with van der Waals surface area (Å²) < 4.78 is 16.8. The van der Waals surface area contributed by atoms with Gasteiger partial charge in [0.15, 0.2) is 5.82 Å². The number of fused-ring (bicyclic) bond motifs is 1. The Morgan fingerprint density at radius 3 is 2.48 bits per heavy atom. The number of thiophene rings is 1. The Hall–Kier alpha value is -3.80. The van der Waals surface area contributed by atoms with Crippen molar-refractivity contribution in [1.82, 2.24) is 25.2 Å². The fourth-order valence-corrected chi connectivity index (χ4v) is 5.17. The number of amides is 2. The van der Waals surface area contributed by atoms with Crippen molar-refractivity contribution in [3.05, 3.63) is 35.8 Å². The van der Waals surface area contributed by atoms with E-state index in [1.165, 1.54) is 23.3 Å². The van der Waals surface area contributed by atoms with Crippen LogP contribution >= 0.6 is 11.3 Å². The van der Waals surface area contributed by atoms with Crippen molar-refractivity contribution in [3.63, 3.8) is 0 Å². The smallest absolute Gasteiger partial charge is 0.408 e. The first-order chi connectivity index (χ1) is 18.8. The van der Waals surface area contributed by atoms with Crippen LogP contribution in [0.5, 0.6) is 5.88 Å². The van der Waals surface area contributed by atoms with E-state index in [9.17, 15) is 14.4 Å². The lowest BCUT2D eigenvalue weighted by molar-refractivity contribution is -0.152. The molecule has 1 N–H and O–H groups in total. The first-order valence-corrected chi connectivity index (χ1v) is 13.9. The summed E-state index contributed by atoms with van der Waals surface area (Å²) in [6.07, 6.45) is 0.571. The van der Waals surface area contributed by atoms with Crippen molar-refractivity contribution < 1.29 is 28.6 Å². The number of alkyl carbamates (subject to hydrolysis) is 1. The molecule has 0 spiro atoms. The highest BCUT2D eigenvalue weighted by Crippen LogP contribution is 2.33. The van der Waals surface area contributed by atoms with Gasteiger partial charge in [0, 0.05) is 12.6 Å². The summed E-state index contributed by atoms with van der Waals surface area (Å²) in [6.45, 7) is 10.8. The third-order valence-corrected chi connectivity index (χ3v) is 7.06. The number of nitrogens with zero attached hydrogens (tertiary/aromatic N) is 4. The van der Waals surface area contributed by atoms with Gasteiger partial charge in [-0.1, -0.05) is 26.8 Å². The summed E-state index contributed by atoms with van der Waals surface area (Å²) >= 11 is 1.45. The van der Waals surface area contributed by atoms with Crippen LogP contribution in [0.25, 0.3) is 21.7 Å². The second-order valence-electron chi connectivity index (χ2n) is 11.7. The van der Waals surface area contributed by atoms with Crippen LogP contribution < -0.4 is 10.1 Å². The lowest BCUT2D eigenvalue weighted by Gasteiger charge is -2.35. The second-order valence-corrected chi connectivity index (χ2v) is 12.6. The lowest BCUT2D eigenvalue weighted by Crippen LogP contribution is -2.57. The summed E-state index contributed by atoms with van der Waals surface area (Å²) in [5.41, 5.74) is -0.824. The molecule has 1 aliphatic heterocycles. The van der Waals surface area contributed by atoms with E-state index in [1.54, 1.807) is 27.0 Å². The molecule has 40 heavy (non-hydrogen) atoms. The van der Waals surface area contributed by atoms with E-state index in [0.717, 1.165) is 10.2 Å². The SMILES string of the molecule is COC(=O)[C@@H]1C[C@@H](Oc2nc(-c3ccccn3)nc3sccc23)CN1C(=O)C(NC(=O)OC(C)(C)C)C(C)(C)C. The molecule has 3 atom stereocenters. The van der Waals surface area contributed by atoms with Crippen LogP contribution in [-0.2, 0) is 19.1 Å². The summed E-state index contributed by atoms with van der Waals surface area (Å²) in [5.74, 6) is -0.247. The fraction of sp³-hybridized carbons (Fsp3) is 0.500. The van der Waals surface area contributed by atoms with Crippen molar-refractivity contribution in [2.75, 3.05) is 13.7 Å². The molecule has 4 rings (SSSR count). The molecule has 3 aromatic rings. The molecular formula is C28H35N5O6S. The number of carbonyl (C=O) groups is 3. The Bertz CT molecular complexity index is 1380. The van der Waals surface area contributed by atoms with Crippen molar-refractivity contribution in [1.29, 1.82) is 0 Å². The lowest BCUT2D eigenvalue weighted by atomic mass is 9.85. The molecule has 0 radical (unpaired) electrons. The minimum atomic E-state index is -0.966. The average molecular weight is 570 g/mol. The number of nitrogens with one attached hydrogen (secondary N) is 1. The van der Waals surface area contributed by atoms with Gasteiger partial charge in [0.2, 0.25) is 11.8 Å². The molecule has 0 aliphatic carbocycles. The minimum absolute atomic E-state index is 0.0930. The molecule has 4 heterocycles. The molecule has 1 aliphatic rings. The average Bonchev–Trinajstić information content (AvgIpc) is 3.53. The molecule has 1 saturated heterocycles. The van der Waals surface area contributed by atoms with Crippen LogP contribution in [-0.4, -0.2) is 75.3 Å². The molecule has 1 unspecified atom stereocenters. The number of rotatable bonds is 6. The van der Waals surface area contributed by atoms with Crippen LogP contribution in [0.3, 0.4) is 0 Å². The predicted octanol–water partition coefficient (Wildman–Crippen LogP) is 4.21. The van der Waals surface area contributed by atoms with Crippen LogP contribution in [0, 0.1) is 5.41 Å². The zero-order valence-corrected chi connectivity index (χ0v) is 24.6. The van der Waals surface area contributed by atoms with Crippen LogP contribution in [0.1, 0.15) is 48.0 Å². The molecular weight excluding hydrogens is 534 g/mol. The third kappa shape index (κ3) is 6.67. The highest BCUT2D eigenvalue weighted by atomic mass is 32.1. The van der Waals surface area contributed by atoms with Crippen LogP contribution in [0.15, 0.2) is 35.8 Å². The van der Waals surface area contributed by atoms with Gasteiger partial charge in [-0.25, -0.2) is 14.6 Å². The molecule has 214 valence electrons. The van der Waals surface area contributed by atoms with E-state index in [2.05, 4.69) is 20.3 Å². The Balaban J connectivity index is 1.61. The van der Waals surface area contributed by atoms with Gasteiger partial charge in [0.1, 0.15) is 34.3 Å². The highest BCUT2D eigenvalue weighted by Gasteiger charge is 2.46. The number of esters is 1. The Morgan fingerprint density at radius 1 is 1.10 bits per heavy atom.